The van der Waals surface area contributed by atoms with Gasteiger partial charge in [0.1, 0.15) is 18.5 Å². The average molecular weight is 240 g/mol. The van der Waals surface area contributed by atoms with Gasteiger partial charge in [-0.3, -0.25) is 4.79 Å². The molecular formula is C11H12O6. The molecule has 0 aliphatic carbocycles. The van der Waals surface area contributed by atoms with Crippen molar-refractivity contribution in [3.8, 4) is 5.75 Å². The Kier molecular flexibility index (Phi) is 5.12. The molecule has 0 saturated heterocycles. The third-order valence-electron chi connectivity index (χ3n) is 1.89. The number of carbonyl (C=O) groups excluding carboxylic acids is 2. The Labute approximate surface area is 97.4 Å². The third-order valence-corrected chi connectivity index (χ3v) is 1.89. The van der Waals surface area contributed by atoms with Gasteiger partial charge in [0.15, 0.2) is 0 Å². The van der Waals surface area contributed by atoms with Crippen LogP contribution in [0.3, 0.4) is 0 Å². The standard InChI is InChI=1S/C11H12O6/c12-5-9(14)6-16-11(15)8-1-3-10(4-2-8)17-7-13/h1-4,7,9,12,14H,5-6H2. The zero-order valence-electron chi connectivity index (χ0n) is 8.91. The molecule has 0 radical (unpaired) electrons. The Morgan fingerprint density at radius 3 is 2.53 bits per heavy atom. The molecule has 1 rings (SSSR count). The maximum Gasteiger partial charge on any atom is 0.338 e. The number of ether oxygens (including phenoxy) is 2. The summed E-state index contributed by atoms with van der Waals surface area (Å²) < 4.78 is 9.27. The molecule has 0 aliphatic rings. The minimum atomic E-state index is -1.09. The SMILES string of the molecule is O=COc1ccc(C(=O)OCC(O)CO)cc1. The number of hydrogen-bond acceptors (Lipinski definition) is 6. The van der Waals surface area contributed by atoms with Gasteiger partial charge >= 0.3 is 5.97 Å². The molecule has 2 N–H and O–H groups in total. The normalized spacial score (nSPS) is 11.6. The van der Waals surface area contributed by atoms with Crippen LogP contribution in [0.1, 0.15) is 10.4 Å². The van der Waals surface area contributed by atoms with E-state index in [9.17, 15) is 9.59 Å². The van der Waals surface area contributed by atoms with Gasteiger partial charge in [0.05, 0.1) is 12.2 Å². The summed E-state index contributed by atoms with van der Waals surface area (Å²) in [6, 6.07) is 5.72. The first-order chi connectivity index (χ1) is 8.17. The van der Waals surface area contributed by atoms with Crippen LogP contribution in [0.5, 0.6) is 5.75 Å². The lowest BCUT2D eigenvalue weighted by Crippen LogP contribution is -2.21. The van der Waals surface area contributed by atoms with E-state index in [1.807, 2.05) is 0 Å². The highest BCUT2D eigenvalue weighted by molar-refractivity contribution is 5.89. The van der Waals surface area contributed by atoms with E-state index >= 15 is 0 Å². The third kappa shape index (κ3) is 4.21. The van der Waals surface area contributed by atoms with Crippen LogP contribution in [0.4, 0.5) is 0 Å². The van der Waals surface area contributed by atoms with Gasteiger partial charge in [-0.1, -0.05) is 0 Å². The van der Waals surface area contributed by atoms with Crippen molar-refractivity contribution >= 4 is 12.4 Å². The van der Waals surface area contributed by atoms with Crippen LogP contribution in [0, 0.1) is 0 Å². The zero-order valence-corrected chi connectivity index (χ0v) is 8.91. The fourth-order valence-corrected chi connectivity index (χ4v) is 1.03. The highest BCUT2D eigenvalue weighted by atomic mass is 16.5. The Bertz CT molecular complexity index is 372. The molecule has 0 fully saturated rings. The highest BCUT2D eigenvalue weighted by Crippen LogP contribution is 2.12. The van der Waals surface area contributed by atoms with Crippen molar-refractivity contribution in [3.05, 3.63) is 29.8 Å². The number of esters is 1. The molecule has 1 aromatic carbocycles. The van der Waals surface area contributed by atoms with Crippen LogP contribution in [-0.4, -0.2) is 42.0 Å². The number of hydrogen-bond donors (Lipinski definition) is 2. The second kappa shape index (κ2) is 6.62. The Morgan fingerprint density at radius 1 is 1.35 bits per heavy atom. The molecule has 0 aliphatic heterocycles. The molecule has 0 heterocycles. The van der Waals surface area contributed by atoms with Crippen molar-refractivity contribution in [2.75, 3.05) is 13.2 Å². The van der Waals surface area contributed by atoms with Gasteiger partial charge in [-0.25, -0.2) is 4.79 Å². The summed E-state index contributed by atoms with van der Waals surface area (Å²) in [6.07, 6.45) is -1.09. The summed E-state index contributed by atoms with van der Waals surface area (Å²) in [7, 11) is 0. The lowest BCUT2D eigenvalue weighted by Gasteiger charge is -2.08. The van der Waals surface area contributed by atoms with Crippen LogP contribution in [0.2, 0.25) is 0 Å². The van der Waals surface area contributed by atoms with Gasteiger partial charge in [0, 0.05) is 0 Å². The van der Waals surface area contributed by atoms with Crippen molar-refractivity contribution in [2.45, 2.75) is 6.10 Å². The van der Waals surface area contributed by atoms with Gasteiger partial charge < -0.3 is 19.7 Å². The van der Waals surface area contributed by atoms with Gasteiger partial charge in [0.25, 0.3) is 6.47 Å². The lowest BCUT2D eigenvalue weighted by molar-refractivity contribution is -0.120. The highest BCUT2D eigenvalue weighted by Gasteiger charge is 2.10. The first-order valence-electron chi connectivity index (χ1n) is 4.83. The Balaban J connectivity index is 2.54. The van der Waals surface area contributed by atoms with E-state index in [4.69, 9.17) is 14.9 Å². The minimum absolute atomic E-state index is 0.258. The summed E-state index contributed by atoms with van der Waals surface area (Å²) in [4.78, 5) is 21.4. The molecule has 6 heteroatoms. The summed E-state index contributed by atoms with van der Waals surface area (Å²) in [5.41, 5.74) is 0.258. The molecule has 0 spiro atoms. The molecule has 0 saturated carbocycles. The topological polar surface area (TPSA) is 93.1 Å². The Hall–Kier alpha value is -1.92. The van der Waals surface area contributed by atoms with Gasteiger partial charge in [0.2, 0.25) is 0 Å². The van der Waals surface area contributed by atoms with Crippen LogP contribution in [-0.2, 0) is 9.53 Å². The smallest absolute Gasteiger partial charge is 0.338 e. The predicted molar refractivity (Wildman–Crippen MR) is 56.5 cm³/mol. The minimum Gasteiger partial charge on any atom is -0.459 e. The molecule has 0 bridgehead atoms. The maximum absolute atomic E-state index is 11.4. The van der Waals surface area contributed by atoms with Gasteiger partial charge in [-0.2, -0.15) is 0 Å². The van der Waals surface area contributed by atoms with Crippen molar-refractivity contribution in [1.29, 1.82) is 0 Å². The van der Waals surface area contributed by atoms with Gasteiger partial charge in [-0.05, 0) is 24.3 Å². The van der Waals surface area contributed by atoms with E-state index in [-0.39, 0.29) is 18.6 Å². The van der Waals surface area contributed by atoms with Crippen LogP contribution < -0.4 is 4.74 Å². The lowest BCUT2D eigenvalue weighted by atomic mass is 10.2. The molecule has 92 valence electrons. The molecule has 1 atom stereocenters. The fraction of sp³-hybridized carbons (Fsp3) is 0.273. The van der Waals surface area contributed by atoms with E-state index in [0.717, 1.165) is 0 Å². The van der Waals surface area contributed by atoms with Gasteiger partial charge in [-0.15, -0.1) is 0 Å². The van der Waals surface area contributed by atoms with Crippen LogP contribution in [0.25, 0.3) is 0 Å². The molecule has 6 nitrogen and oxygen atoms in total. The second-order valence-corrected chi connectivity index (χ2v) is 3.17. The Morgan fingerprint density at radius 2 is 2.00 bits per heavy atom. The monoisotopic (exact) mass is 240 g/mol. The van der Waals surface area contributed by atoms with Crippen molar-refractivity contribution in [3.63, 3.8) is 0 Å². The number of rotatable bonds is 6. The molecule has 17 heavy (non-hydrogen) atoms. The van der Waals surface area contributed by atoms with Crippen molar-refractivity contribution in [1.82, 2.24) is 0 Å². The average Bonchev–Trinajstić information content (AvgIpc) is 2.36. The molecule has 1 unspecified atom stereocenters. The van der Waals surface area contributed by atoms with Crippen LogP contribution in [0.15, 0.2) is 24.3 Å². The first-order valence-corrected chi connectivity index (χ1v) is 4.83. The summed E-state index contributed by atoms with van der Waals surface area (Å²) in [5, 5.41) is 17.5. The molecule has 0 amide bonds. The molecular weight excluding hydrogens is 228 g/mol. The maximum atomic E-state index is 11.4. The number of aliphatic hydroxyl groups excluding tert-OH is 2. The quantitative estimate of drug-likeness (QED) is 0.525. The number of benzene rings is 1. The number of aliphatic hydroxyl groups is 2. The van der Waals surface area contributed by atoms with Crippen molar-refractivity contribution in [2.24, 2.45) is 0 Å². The van der Waals surface area contributed by atoms with E-state index in [0.29, 0.717) is 5.75 Å². The molecule has 0 aromatic heterocycles. The van der Waals surface area contributed by atoms with E-state index in [1.165, 1.54) is 24.3 Å². The largest absolute Gasteiger partial charge is 0.459 e. The molecule has 1 aromatic rings. The van der Waals surface area contributed by atoms with E-state index < -0.39 is 18.7 Å². The van der Waals surface area contributed by atoms with E-state index in [2.05, 4.69) is 4.74 Å². The predicted octanol–water partition coefficient (Wildman–Crippen LogP) is -0.268. The van der Waals surface area contributed by atoms with Crippen LogP contribution >= 0.6 is 0 Å². The van der Waals surface area contributed by atoms with Crippen molar-refractivity contribution < 1.29 is 29.3 Å². The van der Waals surface area contributed by atoms with E-state index in [1.54, 1.807) is 0 Å². The second-order valence-electron chi connectivity index (χ2n) is 3.17. The first kappa shape index (κ1) is 13.1. The fourth-order valence-electron chi connectivity index (χ4n) is 1.03. The number of carbonyl (C=O) groups is 2. The summed E-state index contributed by atoms with van der Waals surface area (Å²) in [5.74, 6) is -0.318. The summed E-state index contributed by atoms with van der Waals surface area (Å²) >= 11 is 0. The zero-order chi connectivity index (χ0) is 12.7. The summed E-state index contributed by atoms with van der Waals surface area (Å²) in [6.45, 7) is -0.466.